The standard InChI is InChI=1S/C15H14N2OS/c1-3-19-15-12-6-4-5-11(14(12)18-17-15)13-9-16-8-7-10(13)2/h4-9H,3H2,1-2H3. The van der Waals surface area contributed by atoms with Crippen molar-refractivity contribution >= 4 is 22.7 Å². The zero-order chi connectivity index (χ0) is 13.2. The number of para-hydroxylation sites is 1. The summed E-state index contributed by atoms with van der Waals surface area (Å²) in [5.41, 5.74) is 4.17. The van der Waals surface area contributed by atoms with Gasteiger partial charge in [-0.2, -0.15) is 0 Å². The normalized spacial score (nSPS) is 11.1. The van der Waals surface area contributed by atoms with Crippen molar-refractivity contribution in [2.24, 2.45) is 0 Å². The highest BCUT2D eigenvalue weighted by Gasteiger charge is 2.14. The molecule has 19 heavy (non-hydrogen) atoms. The summed E-state index contributed by atoms with van der Waals surface area (Å²) in [6.07, 6.45) is 3.68. The van der Waals surface area contributed by atoms with Crippen molar-refractivity contribution in [2.45, 2.75) is 18.9 Å². The van der Waals surface area contributed by atoms with Crippen molar-refractivity contribution in [3.8, 4) is 11.1 Å². The predicted octanol–water partition coefficient (Wildman–Crippen LogP) is 4.31. The molecule has 0 radical (unpaired) electrons. The van der Waals surface area contributed by atoms with Gasteiger partial charge in [0.2, 0.25) is 0 Å². The number of thioether (sulfide) groups is 1. The van der Waals surface area contributed by atoms with Gasteiger partial charge in [0.15, 0.2) is 5.58 Å². The molecule has 1 aromatic carbocycles. The molecule has 2 heterocycles. The van der Waals surface area contributed by atoms with Gasteiger partial charge < -0.3 is 4.52 Å². The van der Waals surface area contributed by atoms with Crippen molar-refractivity contribution in [3.63, 3.8) is 0 Å². The Balaban J connectivity index is 2.23. The maximum Gasteiger partial charge on any atom is 0.175 e. The molecule has 0 aliphatic heterocycles. The van der Waals surface area contributed by atoms with E-state index in [1.54, 1.807) is 18.0 Å². The lowest BCUT2D eigenvalue weighted by molar-refractivity contribution is 0.438. The monoisotopic (exact) mass is 270 g/mol. The van der Waals surface area contributed by atoms with Crippen LogP contribution < -0.4 is 0 Å². The first-order valence-corrected chi connectivity index (χ1v) is 7.22. The number of pyridine rings is 1. The third-order valence-corrected chi connectivity index (χ3v) is 3.93. The van der Waals surface area contributed by atoms with Crippen molar-refractivity contribution < 1.29 is 4.52 Å². The summed E-state index contributed by atoms with van der Waals surface area (Å²) in [5, 5.41) is 6.20. The fourth-order valence-corrected chi connectivity index (χ4v) is 2.82. The average molecular weight is 270 g/mol. The number of aryl methyl sites for hydroxylation is 1. The maximum absolute atomic E-state index is 5.54. The SMILES string of the molecule is CCSc1noc2c(-c3cnccc3C)cccc12. The molecule has 0 unspecified atom stereocenters. The van der Waals surface area contributed by atoms with Gasteiger partial charge in [0.1, 0.15) is 5.03 Å². The van der Waals surface area contributed by atoms with Crippen LogP contribution in [0.4, 0.5) is 0 Å². The Labute approximate surface area is 116 Å². The topological polar surface area (TPSA) is 38.9 Å². The Morgan fingerprint density at radius 1 is 1.21 bits per heavy atom. The van der Waals surface area contributed by atoms with Crippen molar-refractivity contribution in [1.29, 1.82) is 0 Å². The quantitative estimate of drug-likeness (QED) is 0.665. The molecule has 0 N–H and O–H groups in total. The Kier molecular flexibility index (Phi) is 3.25. The van der Waals surface area contributed by atoms with Gasteiger partial charge in [0, 0.05) is 23.5 Å². The minimum atomic E-state index is 0.842. The molecular formula is C15H14N2OS. The largest absolute Gasteiger partial charge is 0.354 e. The van der Waals surface area contributed by atoms with Crippen LogP contribution in [0.15, 0.2) is 46.2 Å². The fourth-order valence-electron chi connectivity index (χ4n) is 2.14. The minimum Gasteiger partial charge on any atom is -0.354 e. The molecule has 0 aliphatic rings. The van der Waals surface area contributed by atoms with E-state index in [1.165, 1.54) is 5.56 Å². The first-order valence-electron chi connectivity index (χ1n) is 6.23. The van der Waals surface area contributed by atoms with Crippen LogP contribution in [0.2, 0.25) is 0 Å². The second-order valence-corrected chi connectivity index (χ2v) is 5.55. The summed E-state index contributed by atoms with van der Waals surface area (Å²) in [5.74, 6) is 0.984. The summed E-state index contributed by atoms with van der Waals surface area (Å²) >= 11 is 1.70. The first kappa shape index (κ1) is 12.2. The van der Waals surface area contributed by atoms with Gasteiger partial charge in [-0.15, -0.1) is 11.8 Å². The van der Waals surface area contributed by atoms with Gasteiger partial charge in [-0.3, -0.25) is 4.98 Å². The number of benzene rings is 1. The molecule has 0 saturated heterocycles. The minimum absolute atomic E-state index is 0.842. The van der Waals surface area contributed by atoms with E-state index in [0.29, 0.717) is 0 Å². The van der Waals surface area contributed by atoms with Crippen LogP contribution in [-0.2, 0) is 0 Å². The van der Waals surface area contributed by atoms with Crippen LogP contribution in [0, 0.1) is 6.92 Å². The van der Waals surface area contributed by atoms with Crippen LogP contribution in [-0.4, -0.2) is 15.9 Å². The number of nitrogens with zero attached hydrogens (tertiary/aromatic N) is 2. The lowest BCUT2D eigenvalue weighted by Crippen LogP contribution is -1.85. The number of hydrogen-bond acceptors (Lipinski definition) is 4. The molecule has 0 spiro atoms. The van der Waals surface area contributed by atoms with Crippen molar-refractivity contribution in [1.82, 2.24) is 10.1 Å². The predicted molar refractivity (Wildman–Crippen MR) is 78.4 cm³/mol. The highest BCUT2D eigenvalue weighted by atomic mass is 32.2. The molecule has 0 amide bonds. The van der Waals surface area contributed by atoms with Gasteiger partial charge in [0.25, 0.3) is 0 Å². The van der Waals surface area contributed by atoms with E-state index in [4.69, 9.17) is 4.52 Å². The van der Waals surface area contributed by atoms with Crippen LogP contribution in [0.25, 0.3) is 22.1 Å². The molecule has 96 valence electrons. The molecule has 0 aliphatic carbocycles. The van der Waals surface area contributed by atoms with Crippen LogP contribution in [0.3, 0.4) is 0 Å². The van der Waals surface area contributed by atoms with E-state index in [-0.39, 0.29) is 0 Å². The van der Waals surface area contributed by atoms with E-state index in [9.17, 15) is 0 Å². The molecule has 2 aromatic heterocycles. The van der Waals surface area contributed by atoms with Crippen LogP contribution >= 0.6 is 11.8 Å². The molecule has 0 saturated carbocycles. The summed E-state index contributed by atoms with van der Waals surface area (Å²) in [7, 11) is 0. The summed E-state index contributed by atoms with van der Waals surface area (Å²) in [4.78, 5) is 4.20. The molecule has 0 bridgehead atoms. The van der Waals surface area contributed by atoms with E-state index in [0.717, 1.165) is 32.9 Å². The number of fused-ring (bicyclic) bond motifs is 1. The molecule has 0 fully saturated rings. The lowest BCUT2D eigenvalue weighted by Gasteiger charge is -2.04. The highest BCUT2D eigenvalue weighted by molar-refractivity contribution is 7.99. The van der Waals surface area contributed by atoms with Gasteiger partial charge in [0.05, 0.1) is 5.39 Å². The van der Waals surface area contributed by atoms with Gasteiger partial charge >= 0.3 is 0 Å². The molecule has 3 aromatic rings. The Hall–Kier alpha value is -1.81. The summed E-state index contributed by atoms with van der Waals surface area (Å²) in [6.45, 7) is 4.19. The fraction of sp³-hybridized carbons (Fsp3) is 0.200. The summed E-state index contributed by atoms with van der Waals surface area (Å²) in [6, 6.07) is 8.16. The number of rotatable bonds is 3. The van der Waals surface area contributed by atoms with Crippen LogP contribution in [0.5, 0.6) is 0 Å². The third kappa shape index (κ3) is 2.12. The molecule has 0 atom stereocenters. The number of hydrogen-bond donors (Lipinski definition) is 0. The second-order valence-electron chi connectivity index (χ2n) is 4.29. The Morgan fingerprint density at radius 3 is 2.89 bits per heavy atom. The lowest BCUT2D eigenvalue weighted by atomic mass is 10.0. The smallest absolute Gasteiger partial charge is 0.175 e. The van der Waals surface area contributed by atoms with E-state index in [1.807, 2.05) is 18.3 Å². The van der Waals surface area contributed by atoms with Crippen molar-refractivity contribution in [2.75, 3.05) is 5.75 Å². The molecular weight excluding hydrogens is 256 g/mol. The van der Waals surface area contributed by atoms with E-state index >= 15 is 0 Å². The van der Waals surface area contributed by atoms with Crippen molar-refractivity contribution in [3.05, 3.63) is 42.2 Å². The van der Waals surface area contributed by atoms with Crippen LogP contribution in [0.1, 0.15) is 12.5 Å². The average Bonchev–Trinajstić information content (AvgIpc) is 2.83. The maximum atomic E-state index is 5.54. The van der Waals surface area contributed by atoms with Gasteiger partial charge in [-0.05, 0) is 30.4 Å². The zero-order valence-electron chi connectivity index (χ0n) is 10.9. The van der Waals surface area contributed by atoms with Gasteiger partial charge in [-0.1, -0.05) is 24.2 Å². The Morgan fingerprint density at radius 2 is 2.11 bits per heavy atom. The molecule has 3 rings (SSSR count). The third-order valence-electron chi connectivity index (χ3n) is 3.08. The second kappa shape index (κ2) is 5.05. The van der Waals surface area contributed by atoms with Gasteiger partial charge in [-0.25, -0.2) is 0 Å². The Bertz CT molecular complexity index is 721. The van der Waals surface area contributed by atoms with E-state index < -0.39 is 0 Å². The molecule has 4 heteroatoms. The zero-order valence-corrected chi connectivity index (χ0v) is 11.7. The molecule has 3 nitrogen and oxygen atoms in total. The van der Waals surface area contributed by atoms with E-state index in [2.05, 4.69) is 36.1 Å². The first-order chi connectivity index (χ1) is 9.31. The highest BCUT2D eigenvalue weighted by Crippen LogP contribution is 2.34. The number of aromatic nitrogens is 2. The summed E-state index contributed by atoms with van der Waals surface area (Å²) < 4.78 is 5.54.